The van der Waals surface area contributed by atoms with Gasteiger partial charge in [-0.3, -0.25) is 14.9 Å². The van der Waals surface area contributed by atoms with Gasteiger partial charge in [0.25, 0.3) is 11.2 Å². The summed E-state index contributed by atoms with van der Waals surface area (Å²) in [5, 5.41) is 15.7. The van der Waals surface area contributed by atoms with E-state index in [9.17, 15) is 23.3 Å². The molecular formula is C23H18N4O7S. The minimum absolute atomic E-state index is 0.0723. The van der Waals surface area contributed by atoms with Gasteiger partial charge in [0.05, 0.1) is 29.2 Å². The van der Waals surface area contributed by atoms with Crippen molar-refractivity contribution >= 4 is 32.9 Å². The van der Waals surface area contributed by atoms with Crippen LogP contribution in [0.1, 0.15) is 11.1 Å². The molecule has 0 amide bonds. The summed E-state index contributed by atoms with van der Waals surface area (Å²) in [7, 11) is -3.06. The van der Waals surface area contributed by atoms with Gasteiger partial charge in [-0.1, -0.05) is 18.2 Å². The summed E-state index contributed by atoms with van der Waals surface area (Å²) in [5.41, 5.74) is 0.657. The number of ether oxygens (including phenoxy) is 1. The Labute approximate surface area is 199 Å². The van der Waals surface area contributed by atoms with Crippen LogP contribution in [0.5, 0.6) is 11.5 Å². The summed E-state index contributed by atoms with van der Waals surface area (Å²) in [4.78, 5) is 26.9. The molecule has 0 aliphatic carbocycles. The second-order valence-electron chi connectivity index (χ2n) is 7.31. The number of benzene rings is 3. The first kappa shape index (κ1) is 23.6. The molecule has 0 saturated heterocycles. The maximum absolute atomic E-state index is 12.7. The topological polar surface area (TPSA) is 143 Å². The standard InChI is InChI=1S/C23H18N4O7S/c1-15-7-9-17(12-20(15)27(29)30)35(31,32)34-21-10-8-16(11-22(21)33-2)13-25-26-14-24-19-6-4-3-5-18(19)23(26)28/h3-14H,1-2H3/b25-13+. The Bertz CT molecular complexity index is 1650. The number of rotatable bonds is 7. The molecule has 0 fully saturated rings. The molecule has 178 valence electrons. The Hall–Kier alpha value is -4.58. The number of methoxy groups -OCH3 is 1. The van der Waals surface area contributed by atoms with E-state index >= 15 is 0 Å². The molecule has 1 aromatic heterocycles. The molecule has 0 bridgehead atoms. The number of para-hydroxylation sites is 1. The molecule has 35 heavy (non-hydrogen) atoms. The van der Waals surface area contributed by atoms with Crippen molar-refractivity contribution in [1.82, 2.24) is 9.66 Å². The highest BCUT2D eigenvalue weighted by Crippen LogP contribution is 2.31. The molecule has 12 heteroatoms. The third kappa shape index (κ3) is 4.87. The fourth-order valence-corrected chi connectivity index (χ4v) is 4.17. The highest BCUT2D eigenvalue weighted by Gasteiger charge is 2.23. The van der Waals surface area contributed by atoms with Crippen LogP contribution in [-0.2, 0) is 10.1 Å². The van der Waals surface area contributed by atoms with E-state index in [-0.39, 0.29) is 27.6 Å². The number of nitro benzene ring substituents is 1. The van der Waals surface area contributed by atoms with Crippen molar-refractivity contribution in [2.24, 2.45) is 5.10 Å². The molecule has 0 aliphatic heterocycles. The molecule has 4 aromatic rings. The number of aromatic nitrogens is 2. The van der Waals surface area contributed by atoms with Gasteiger partial charge in [-0.2, -0.15) is 18.2 Å². The smallest absolute Gasteiger partial charge is 0.339 e. The molecule has 1 heterocycles. The molecule has 4 rings (SSSR count). The zero-order chi connectivity index (χ0) is 25.2. The van der Waals surface area contributed by atoms with Crippen molar-refractivity contribution in [3.05, 3.63) is 98.6 Å². The molecule has 0 N–H and O–H groups in total. The van der Waals surface area contributed by atoms with Gasteiger partial charge in [-0.15, -0.1) is 0 Å². The van der Waals surface area contributed by atoms with Gasteiger partial charge < -0.3 is 8.92 Å². The van der Waals surface area contributed by atoms with E-state index in [2.05, 4.69) is 10.1 Å². The lowest BCUT2D eigenvalue weighted by Crippen LogP contribution is -2.17. The van der Waals surface area contributed by atoms with Crippen LogP contribution in [0.2, 0.25) is 0 Å². The fourth-order valence-electron chi connectivity index (χ4n) is 3.21. The number of nitro groups is 1. The highest BCUT2D eigenvalue weighted by molar-refractivity contribution is 7.87. The predicted molar refractivity (Wildman–Crippen MR) is 128 cm³/mol. The molecule has 0 saturated carbocycles. The Morgan fingerprint density at radius 2 is 1.86 bits per heavy atom. The first-order chi connectivity index (χ1) is 16.7. The Morgan fingerprint density at radius 1 is 1.09 bits per heavy atom. The Balaban J connectivity index is 1.62. The summed E-state index contributed by atoms with van der Waals surface area (Å²) in [6.45, 7) is 1.50. The molecule has 11 nitrogen and oxygen atoms in total. The molecule has 0 aliphatic rings. The summed E-state index contributed by atoms with van der Waals surface area (Å²) in [5.74, 6) is -0.0551. The summed E-state index contributed by atoms with van der Waals surface area (Å²) < 4.78 is 37.0. The number of hydrogen-bond donors (Lipinski definition) is 0. The zero-order valence-electron chi connectivity index (χ0n) is 18.5. The van der Waals surface area contributed by atoms with Gasteiger partial charge in [0.15, 0.2) is 11.5 Å². The maximum atomic E-state index is 12.7. The average molecular weight is 494 g/mol. The summed E-state index contributed by atoms with van der Waals surface area (Å²) in [6, 6.07) is 14.7. The number of fused-ring (bicyclic) bond motifs is 1. The van der Waals surface area contributed by atoms with Crippen LogP contribution < -0.4 is 14.5 Å². The summed E-state index contributed by atoms with van der Waals surface area (Å²) in [6.07, 6.45) is 2.67. The minimum Gasteiger partial charge on any atom is -0.493 e. The van der Waals surface area contributed by atoms with Crippen molar-refractivity contribution in [2.75, 3.05) is 7.11 Å². The monoisotopic (exact) mass is 494 g/mol. The van der Waals surface area contributed by atoms with Crippen LogP contribution in [0.25, 0.3) is 10.9 Å². The van der Waals surface area contributed by atoms with Crippen molar-refractivity contribution in [3.8, 4) is 11.5 Å². The minimum atomic E-state index is -4.39. The molecule has 0 radical (unpaired) electrons. The van der Waals surface area contributed by atoms with Gasteiger partial charge in [-0.25, -0.2) is 4.98 Å². The zero-order valence-corrected chi connectivity index (χ0v) is 19.3. The van der Waals surface area contributed by atoms with Crippen molar-refractivity contribution in [2.45, 2.75) is 11.8 Å². The number of aryl methyl sites for hydroxylation is 1. The summed E-state index contributed by atoms with van der Waals surface area (Å²) >= 11 is 0. The first-order valence-electron chi connectivity index (χ1n) is 10.1. The van der Waals surface area contributed by atoms with Gasteiger partial charge >= 0.3 is 10.1 Å². The van der Waals surface area contributed by atoms with E-state index in [1.165, 1.54) is 56.9 Å². The van der Waals surface area contributed by atoms with Crippen LogP contribution >= 0.6 is 0 Å². The number of nitrogens with zero attached hydrogens (tertiary/aromatic N) is 4. The van der Waals surface area contributed by atoms with Crippen LogP contribution in [-0.4, -0.2) is 36.3 Å². The molecular weight excluding hydrogens is 476 g/mol. The lowest BCUT2D eigenvalue weighted by molar-refractivity contribution is -0.385. The second-order valence-corrected chi connectivity index (χ2v) is 8.86. The molecule has 0 atom stereocenters. The maximum Gasteiger partial charge on any atom is 0.339 e. The van der Waals surface area contributed by atoms with Crippen LogP contribution in [0, 0.1) is 17.0 Å². The largest absolute Gasteiger partial charge is 0.493 e. The number of hydrogen-bond acceptors (Lipinski definition) is 9. The quantitative estimate of drug-likeness (QED) is 0.165. The molecule has 0 unspecified atom stereocenters. The van der Waals surface area contributed by atoms with Crippen molar-refractivity contribution in [1.29, 1.82) is 0 Å². The van der Waals surface area contributed by atoms with Gasteiger partial charge in [0.1, 0.15) is 11.2 Å². The molecule has 3 aromatic carbocycles. The first-order valence-corrected chi connectivity index (χ1v) is 11.5. The average Bonchev–Trinajstić information content (AvgIpc) is 2.84. The normalized spacial score (nSPS) is 11.6. The van der Waals surface area contributed by atoms with E-state index in [1.807, 2.05) is 0 Å². The van der Waals surface area contributed by atoms with Crippen LogP contribution in [0.4, 0.5) is 5.69 Å². The van der Waals surface area contributed by atoms with Crippen LogP contribution in [0.15, 0.2) is 81.8 Å². The van der Waals surface area contributed by atoms with Crippen LogP contribution in [0.3, 0.4) is 0 Å². The third-order valence-electron chi connectivity index (χ3n) is 5.03. The van der Waals surface area contributed by atoms with E-state index < -0.39 is 15.0 Å². The van der Waals surface area contributed by atoms with E-state index in [0.29, 0.717) is 22.0 Å². The second kappa shape index (κ2) is 9.35. The third-order valence-corrected chi connectivity index (χ3v) is 6.26. The van der Waals surface area contributed by atoms with E-state index in [4.69, 9.17) is 8.92 Å². The van der Waals surface area contributed by atoms with Gasteiger partial charge in [0, 0.05) is 11.6 Å². The predicted octanol–water partition coefficient (Wildman–Crippen LogP) is 3.27. The van der Waals surface area contributed by atoms with Crippen molar-refractivity contribution in [3.63, 3.8) is 0 Å². The lowest BCUT2D eigenvalue weighted by Gasteiger charge is -2.11. The van der Waals surface area contributed by atoms with E-state index in [0.717, 1.165) is 10.7 Å². The highest BCUT2D eigenvalue weighted by atomic mass is 32.2. The van der Waals surface area contributed by atoms with E-state index in [1.54, 1.807) is 24.3 Å². The Kier molecular flexibility index (Phi) is 6.30. The van der Waals surface area contributed by atoms with Crippen molar-refractivity contribution < 1.29 is 22.3 Å². The van der Waals surface area contributed by atoms with Gasteiger partial charge in [0.2, 0.25) is 0 Å². The lowest BCUT2D eigenvalue weighted by atomic mass is 10.2. The SMILES string of the molecule is COc1cc(/C=N/n2cnc3ccccc3c2=O)ccc1OS(=O)(=O)c1ccc(C)c([N+](=O)[O-])c1. The van der Waals surface area contributed by atoms with Gasteiger partial charge in [-0.05, 0) is 48.9 Å². The molecule has 0 spiro atoms. The Morgan fingerprint density at radius 3 is 2.60 bits per heavy atom. The fraction of sp³-hybridized carbons (Fsp3) is 0.0870.